The first-order chi connectivity index (χ1) is 5.60. The predicted octanol–water partition coefficient (Wildman–Crippen LogP) is 0.986. The van der Waals surface area contributed by atoms with E-state index in [2.05, 4.69) is 20.9 Å². The predicted molar refractivity (Wildman–Crippen MR) is 47.3 cm³/mol. The maximum atomic E-state index is 11.5. The average Bonchev–Trinajstić information content (AvgIpc) is 2.75. The van der Waals surface area contributed by atoms with Crippen LogP contribution in [0.3, 0.4) is 0 Å². The number of rotatable bonds is 2. The van der Waals surface area contributed by atoms with Gasteiger partial charge in [-0.3, -0.25) is 0 Å². The van der Waals surface area contributed by atoms with Crippen molar-refractivity contribution in [3.8, 4) is 0 Å². The molecule has 66 valence electrons. The normalized spacial score (nSPS) is 18.1. The van der Waals surface area contributed by atoms with E-state index in [0.717, 1.165) is 12.8 Å². The van der Waals surface area contributed by atoms with Crippen LogP contribution in [-0.4, -0.2) is 22.6 Å². The molecular weight excluding hydrogens is 244 g/mol. The van der Waals surface area contributed by atoms with Gasteiger partial charge in [0.25, 0.3) is 0 Å². The Hall–Kier alpha value is -0.360. The van der Waals surface area contributed by atoms with Gasteiger partial charge in [-0.25, -0.2) is 17.4 Å². The van der Waals surface area contributed by atoms with Crippen molar-refractivity contribution in [2.45, 2.75) is 18.1 Å². The van der Waals surface area contributed by atoms with Gasteiger partial charge in [0.1, 0.15) is 10.9 Å². The largest absolute Gasteiger partial charge is 0.242 e. The summed E-state index contributed by atoms with van der Waals surface area (Å²) in [6.45, 7) is 0. The summed E-state index contributed by atoms with van der Waals surface area (Å²) in [5.74, 6) is 0. The monoisotopic (exact) mass is 250 g/mol. The fourth-order valence-electron chi connectivity index (χ4n) is 0.961. The number of imidazole rings is 1. The molecule has 1 aliphatic rings. The third-order valence-corrected chi connectivity index (χ3v) is 4.28. The summed E-state index contributed by atoms with van der Waals surface area (Å²) in [5, 5.41) is -0.182. The maximum Gasteiger partial charge on any atom is 0.242 e. The second-order valence-corrected chi connectivity index (χ2v) is 5.70. The van der Waals surface area contributed by atoms with Crippen molar-refractivity contribution >= 4 is 26.0 Å². The smallest absolute Gasteiger partial charge is 0.232 e. The Labute approximate surface area is 78.8 Å². The van der Waals surface area contributed by atoms with Crippen LogP contribution in [0.1, 0.15) is 12.8 Å². The van der Waals surface area contributed by atoms with E-state index < -0.39 is 10.0 Å². The molecular formula is C6H7BrN2O2S. The van der Waals surface area contributed by atoms with Crippen LogP contribution < -0.4 is 0 Å². The lowest BCUT2D eigenvalue weighted by Crippen LogP contribution is -2.15. The van der Waals surface area contributed by atoms with Gasteiger partial charge in [0.05, 0.1) is 11.4 Å². The Balaban J connectivity index is 2.41. The van der Waals surface area contributed by atoms with E-state index in [0.29, 0.717) is 4.60 Å². The summed E-state index contributed by atoms with van der Waals surface area (Å²) >= 11 is 3.10. The Morgan fingerprint density at radius 3 is 2.67 bits per heavy atom. The van der Waals surface area contributed by atoms with Crippen molar-refractivity contribution in [3.05, 3.63) is 17.1 Å². The van der Waals surface area contributed by atoms with Crippen molar-refractivity contribution in [2.75, 3.05) is 0 Å². The lowest BCUT2D eigenvalue weighted by atomic mass is 11.0. The molecule has 0 unspecified atom stereocenters. The van der Waals surface area contributed by atoms with E-state index in [1.165, 1.54) is 16.5 Å². The molecule has 0 saturated heterocycles. The third-order valence-electron chi connectivity index (χ3n) is 1.77. The molecule has 1 aliphatic carbocycles. The SMILES string of the molecule is O=S(=O)(C1CC1)n1cnc(Br)c1. The first-order valence-electron chi connectivity index (χ1n) is 3.54. The van der Waals surface area contributed by atoms with Gasteiger partial charge >= 0.3 is 0 Å². The lowest BCUT2D eigenvalue weighted by Gasteiger charge is -2.00. The highest BCUT2D eigenvalue weighted by Crippen LogP contribution is 2.30. The van der Waals surface area contributed by atoms with E-state index in [-0.39, 0.29) is 5.25 Å². The van der Waals surface area contributed by atoms with Gasteiger partial charge in [0.15, 0.2) is 0 Å². The van der Waals surface area contributed by atoms with Crippen LogP contribution in [0.4, 0.5) is 0 Å². The van der Waals surface area contributed by atoms with Crippen molar-refractivity contribution in [1.82, 2.24) is 8.96 Å². The number of hydrogen-bond acceptors (Lipinski definition) is 3. The van der Waals surface area contributed by atoms with E-state index in [9.17, 15) is 8.42 Å². The van der Waals surface area contributed by atoms with Gasteiger partial charge in [0.2, 0.25) is 10.0 Å². The molecule has 0 N–H and O–H groups in total. The summed E-state index contributed by atoms with van der Waals surface area (Å²) in [6.07, 6.45) is 4.33. The Bertz CT molecular complexity index is 393. The molecule has 0 radical (unpaired) electrons. The second-order valence-electron chi connectivity index (χ2n) is 2.77. The zero-order chi connectivity index (χ0) is 8.77. The molecule has 0 spiro atoms. The van der Waals surface area contributed by atoms with Crippen molar-refractivity contribution < 1.29 is 8.42 Å². The van der Waals surface area contributed by atoms with Crippen molar-refractivity contribution in [2.24, 2.45) is 0 Å². The molecule has 1 saturated carbocycles. The molecule has 1 fully saturated rings. The minimum absolute atomic E-state index is 0.182. The molecule has 0 bridgehead atoms. The average molecular weight is 251 g/mol. The highest BCUT2D eigenvalue weighted by atomic mass is 79.9. The van der Waals surface area contributed by atoms with Crippen LogP contribution in [0, 0.1) is 0 Å². The van der Waals surface area contributed by atoms with Crippen LogP contribution in [0.25, 0.3) is 0 Å². The third kappa shape index (κ3) is 1.29. The fraction of sp³-hybridized carbons (Fsp3) is 0.500. The summed E-state index contributed by atoms with van der Waals surface area (Å²) < 4.78 is 24.7. The zero-order valence-corrected chi connectivity index (χ0v) is 8.55. The van der Waals surface area contributed by atoms with E-state index in [1.54, 1.807) is 0 Å². The highest BCUT2D eigenvalue weighted by molar-refractivity contribution is 9.10. The molecule has 2 rings (SSSR count). The number of hydrogen-bond donors (Lipinski definition) is 0. The molecule has 0 amide bonds. The van der Waals surface area contributed by atoms with Crippen LogP contribution in [0.5, 0.6) is 0 Å². The molecule has 0 aliphatic heterocycles. The summed E-state index contributed by atoms with van der Waals surface area (Å²) in [7, 11) is -3.12. The molecule has 1 aromatic rings. The number of aromatic nitrogens is 2. The standard InChI is InChI=1S/C6H7BrN2O2S/c7-6-3-9(4-8-6)12(10,11)5-1-2-5/h3-5H,1-2H2. The Kier molecular flexibility index (Phi) is 1.76. The van der Waals surface area contributed by atoms with Gasteiger partial charge in [-0.05, 0) is 28.8 Å². The minimum Gasteiger partial charge on any atom is -0.232 e. The van der Waals surface area contributed by atoms with Crippen LogP contribution in [0.15, 0.2) is 17.1 Å². The Morgan fingerprint density at radius 1 is 1.58 bits per heavy atom. The maximum absolute atomic E-state index is 11.5. The molecule has 12 heavy (non-hydrogen) atoms. The fourth-order valence-corrected chi connectivity index (χ4v) is 2.91. The molecule has 1 heterocycles. The van der Waals surface area contributed by atoms with E-state index in [1.807, 2.05) is 0 Å². The van der Waals surface area contributed by atoms with Crippen molar-refractivity contribution in [1.29, 1.82) is 0 Å². The van der Waals surface area contributed by atoms with Crippen molar-refractivity contribution in [3.63, 3.8) is 0 Å². The van der Waals surface area contributed by atoms with Gasteiger partial charge < -0.3 is 0 Å². The Morgan fingerprint density at radius 2 is 2.25 bits per heavy atom. The van der Waals surface area contributed by atoms with Crippen LogP contribution in [0.2, 0.25) is 0 Å². The van der Waals surface area contributed by atoms with Gasteiger partial charge in [0, 0.05) is 0 Å². The molecule has 0 atom stereocenters. The molecule has 1 aromatic heterocycles. The summed E-state index contributed by atoms with van der Waals surface area (Å²) in [5.41, 5.74) is 0. The zero-order valence-electron chi connectivity index (χ0n) is 6.14. The quantitative estimate of drug-likeness (QED) is 0.787. The topological polar surface area (TPSA) is 52.0 Å². The number of nitrogens with zero attached hydrogens (tertiary/aromatic N) is 2. The van der Waals surface area contributed by atoms with Crippen LogP contribution >= 0.6 is 15.9 Å². The van der Waals surface area contributed by atoms with Gasteiger partial charge in [-0.1, -0.05) is 0 Å². The summed E-state index contributed by atoms with van der Waals surface area (Å²) in [6, 6.07) is 0. The lowest BCUT2D eigenvalue weighted by molar-refractivity contribution is 0.586. The molecule has 6 heteroatoms. The van der Waals surface area contributed by atoms with E-state index >= 15 is 0 Å². The second kappa shape index (κ2) is 2.56. The first kappa shape index (κ1) is 8.25. The molecule has 0 aromatic carbocycles. The first-order valence-corrected chi connectivity index (χ1v) is 5.84. The number of halogens is 1. The van der Waals surface area contributed by atoms with Crippen LogP contribution in [-0.2, 0) is 10.0 Å². The van der Waals surface area contributed by atoms with E-state index in [4.69, 9.17) is 0 Å². The molecule has 4 nitrogen and oxygen atoms in total. The highest BCUT2D eigenvalue weighted by Gasteiger charge is 2.36. The minimum atomic E-state index is -3.12. The summed E-state index contributed by atoms with van der Waals surface area (Å²) in [4.78, 5) is 3.79. The van der Waals surface area contributed by atoms with Gasteiger partial charge in [-0.15, -0.1) is 0 Å². The van der Waals surface area contributed by atoms with Gasteiger partial charge in [-0.2, -0.15) is 0 Å².